The molecule has 2 atom stereocenters. The van der Waals surface area contributed by atoms with E-state index in [9.17, 15) is 13.5 Å². The molecule has 0 aliphatic carbocycles. The van der Waals surface area contributed by atoms with Gasteiger partial charge in [0.1, 0.15) is 28.5 Å². The van der Waals surface area contributed by atoms with Crippen molar-refractivity contribution < 1.29 is 23.0 Å². The number of para-hydroxylation sites is 1. The molecule has 2 aromatic heterocycles. The highest BCUT2D eigenvalue weighted by molar-refractivity contribution is 7.93. The molecular formula is C22H25N5O5S. The van der Waals surface area contributed by atoms with E-state index in [-0.39, 0.29) is 5.95 Å². The van der Waals surface area contributed by atoms with Crippen LogP contribution < -0.4 is 14.2 Å². The van der Waals surface area contributed by atoms with E-state index in [1.165, 1.54) is 32.6 Å². The Balaban J connectivity index is 2.25. The van der Waals surface area contributed by atoms with Crippen LogP contribution in [0.3, 0.4) is 0 Å². The van der Waals surface area contributed by atoms with Crippen LogP contribution in [0.5, 0.6) is 11.5 Å². The number of nitrogens with zero attached hydrogens (tertiary/aromatic N) is 4. The van der Waals surface area contributed by atoms with Crippen molar-refractivity contribution in [1.82, 2.24) is 19.7 Å². The zero-order valence-electron chi connectivity index (χ0n) is 18.9. The van der Waals surface area contributed by atoms with E-state index < -0.39 is 21.4 Å². The summed E-state index contributed by atoms with van der Waals surface area (Å²) in [6, 6.07) is 7.00. The Morgan fingerprint density at radius 3 is 2.39 bits per heavy atom. The highest BCUT2D eigenvalue weighted by Crippen LogP contribution is 2.37. The molecule has 33 heavy (non-hydrogen) atoms. The van der Waals surface area contributed by atoms with Gasteiger partial charge in [0.25, 0.3) is 0 Å². The van der Waals surface area contributed by atoms with Crippen molar-refractivity contribution in [3.63, 3.8) is 0 Å². The Labute approximate surface area is 192 Å². The lowest BCUT2D eigenvalue weighted by molar-refractivity contribution is 0.230. The first-order valence-corrected chi connectivity index (χ1v) is 11.5. The summed E-state index contributed by atoms with van der Waals surface area (Å²) < 4.78 is 41.0. The molecule has 0 bridgehead atoms. The molecule has 10 nitrogen and oxygen atoms in total. The summed E-state index contributed by atoms with van der Waals surface area (Å²) >= 11 is 0. The van der Waals surface area contributed by atoms with Crippen LogP contribution >= 0.6 is 0 Å². The van der Waals surface area contributed by atoms with Crippen molar-refractivity contribution in [2.24, 2.45) is 0 Å². The molecule has 1 aromatic carbocycles. The van der Waals surface area contributed by atoms with Crippen LogP contribution in [0.2, 0.25) is 0 Å². The lowest BCUT2D eigenvalue weighted by atomic mass is 10.2. The molecule has 3 rings (SSSR count). The van der Waals surface area contributed by atoms with Crippen LogP contribution in [-0.2, 0) is 10.0 Å². The molecule has 0 saturated carbocycles. The summed E-state index contributed by atoms with van der Waals surface area (Å²) in [4.78, 5) is 4.21. The van der Waals surface area contributed by atoms with E-state index in [2.05, 4.69) is 31.7 Å². The fraction of sp³-hybridized carbons (Fsp3) is 0.318. The standard InChI is InChI=1S/C22H25N5O5S/c1-6-8-17(28)15(3)33(29,30)26-22-25-24-21(16-11-14(2)12-23-13-16)27(22)20-18(31-4)9-7-10-19(20)32-5/h7,9-13,15,17,28H,1-5H3,(H,25,26)/t15-,17+/m1/s1. The minimum Gasteiger partial charge on any atom is -0.494 e. The number of methoxy groups -OCH3 is 2. The normalized spacial score (nSPS) is 12.9. The summed E-state index contributed by atoms with van der Waals surface area (Å²) in [7, 11) is -1.13. The third-order valence-electron chi connectivity index (χ3n) is 4.88. The molecule has 2 heterocycles. The first kappa shape index (κ1) is 24.0. The third kappa shape index (κ3) is 4.92. The number of aromatic nitrogens is 4. The molecule has 2 N–H and O–H groups in total. The molecule has 11 heteroatoms. The number of aliphatic hydroxyl groups excluding tert-OH is 1. The average molecular weight is 472 g/mol. The van der Waals surface area contributed by atoms with Crippen LogP contribution in [0.4, 0.5) is 5.95 Å². The number of anilines is 1. The van der Waals surface area contributed by atoms with Gasteiger partial charge in [-0.15, -0.1) is 16.1 Å². The number of aliphatic hydroxyl groups is 1. The van der Waals surface area contributed by atoms with E-state index in [0.29, 0.717) is 28.6 Å². The Kier molecular flexibility index (Phi) is 7.20. The lowest BCUT2D eigenvalue weighted by Crippen LogP contribution is -2.35. The number of rotatable bonds is 8. The SMILES string of the molecule is CC#C[C@H](O)[C@@H](C)S(=O)(=O)Nc1nnc(-c2cncc(C)c2)n1-c1c(OC)cccc1OC. The monoisotopic (exact) mass is 471 g/mol. The van der Waals surface area contributed by atoms with E-state index in [1.807, 2.05) is 13.0 Å². The van der Waals surface area contributed by atoms with Crippen molar-refractivity contribution in [1.29, 1.82) is 0 Å². The molecule has 0 saturated heterocycles. The molecule has 0 aliphatic rings. The van der Waals surface area contributed by atoms with Gasteiger partial charge >= 0.3 is 0 Å². The van der Waals surface area contributed by atoms with Crippen molar-refractivity contribution in [3.05, 3.63) is 42.2 Å². The predicted octanol–water partition coefficient (Wildman–Crippen LogP) is 2.17. The fourth-order valence-electron chi connectivity index (χ4n) is 3.13. The molecular weight excluding hydrogens is 446 g/mol. The topological polar surface area (TPSA) is 128 Å². The van der Waals surface area contributed by atoms with E-state index >= 15 is 0 Å². The van der Waals surface area contributed by atoms with Crippen molar-refractivity contribution >= 4 is 16.0 Å². The van der Waals surface area contributed by atoms with Crippen LogP contribution in [0, 0.1) is 18.8 Å². The molecule has 0 amide bonds. The minimum absolute atomic E-state index is 0.113. The lowest BCUT2D eigenvalue weighted by Gasteiger charge is -2.19. The number of pyridine rings is 1. The number of ether oxygens (including phenoxy) is 2. The Hall–Kier alpha value is -3.62. The number of hydrogen-bond acceptors (Lipinski definition) is 8. The second kappa shape index (κ2) is 9.89. The molecule has 3 aromatic rings. The number of aryl methyl sites for hydroxylation is 1. The first-order chi connectivity index (χ1) is 15.7. The molecule has 0 aliphatic heterocycles. The van der Waals surface area contributed by atoms with Gasteiger partial charge in [0.15, 0.2) is 5.82 Å². The van der Waals surface area contributed by atoms with Crippen molar-refractivity contribution in [2.75, 3.05) is 18.9 Å². The van der Waals surface area contributed by atoms with Gasteiger partial charge in [-0.1, -0.05) is 12.0 Å². The molecule has 0 fully saturated rings. The maximum atomic E-state index is 13.0. The zero-order valence-corrected chi connectivity index (χ0v) is 19.7. The van der Waals surface area contributed by atoms with Gasteiger partial charge in [0.05, 0.1) is 14.2 Å². The molecule has 0 spiro atoms. The maximum Gasteiger partial charge on any atom is 0.243 e. The van der Waals surface area contributed by atoms with Crippen LogP contribution in [0.25, 0.3) is 17.1 Å². The van der Waals surface area contributed by atoms with E-state index in [1.54, 1.807) is 30.6 Å². The second-order valence-corrected chi connectivity index (χ2v) is 9.17. The smallest absolute Gasteiger partial charge is 0.243 e. The van der Waals surface area contributed by atoms with Crippen LogP contribution in [0.15, 0.2) is 36.7 Å². The number of hydrogen-bond donors (Lipinski definition) is 2. The molecule has 174 valence electrons. The maximum absolute atomic E-state index is 13.0. The molecule has 0 unspecified atom stereocenters. The van der Waals surface area contributed by atoms with E-state index in [0.717, 1.165) is 5.56 Å². The summed E-state index contributed by atoms with van der Waals surface area (Å²) in [5.74, 6) is 5.98. The predicted molar refractivity (Wildman–Crippen MR) is 124 cm³/mol. The second-order valence-electron chi connectivity index (χ2n) is 7.14. The number of sulfonamides is 1. The van der Waals surface area contributed by atoms with Gasteiger partial charge in [-0.25, -0.2) is 8.42 Å². The Morgan fingerprint density at radius 1 is 1.15 bits per heavy atom. The summed E-state index contributed by atoms with van der Waals surface area (Å²) in [6.45, 7) is 4.75. The van der Waals surface area contributed by atoms with E-state index in [4.69, 9.17) is 9.47 Å². The highest BCUT2D eigenvalue weighted by Gasteiger charge is 2.31. The van der Waals surface area contributed by atoms with Gasteiger partial charge in [0, 0.05) is 18.0 Å². The van der Waals surface area contributed by atoms with Gasteiger partial charge < -0.3 is 14.6 Å². The summed E-state index contributed by atoms with van der Waals surface area (Å²) in [5, 5.41) is 17.2. The summed E-state index contributed by atoms with van der Waals surface area (Å²) in [5.41, 5.74) is 1.88. The van der Waals surface area contributed by atoms with Gasteiger partial charge in [-0.05, 0) is 44.5 Å². The average Bonchev–Trinajstić information content (AvgIpc) is 3.20. The summed E-state index contributed by atoms with van der Waals surface area (Å²) in [6.07, 6.45) is 1.90. The fourth-order valence-corrected chi connectivity index (χ4v) is 4.11. The number of benzene rings is 1. The third-order valence-corrected chi connectivity index (χ3v) is 6.59. The van der Waals surface area contributed by atoms with Crippen LogP contribution in [0.1, 0.15) is 19.4 Å². The van der Waals surface area contributed by atoms with Crippen LogP contribution in [-0.4, -0.2) is 58.8 Å². The molecule has 0 radical (unpaired) electrons. The quantitative estimate of drug-likeness (QED) is 0.479. The van der Waals surface area contributed by atoms with Gasteiger partial charge in [-0.3, -0.25) is 14.3 Å². The number of nitrogens with one attached hydrogen (secondary N) is 1. The minimum atomic E-state index is -4.10. The largest absolute Gasteiger partial charge is 0.494 e. The zero-order chi connectivity index (χ0) is 24.2. The Bertz CT molecular complexity index is 1290. The highest BCUT2D eigenvalue weighted by atomic mass is 32.2. The van der Waals surface area contributed by atoms with Gasteiger partial charge in [-0.2, -0.15) is 0 Å². The van der Waals surface area contributed by atoms with Gasteiger partial charge in [0.2, 0.25) is 16.0 Å². The van der Waals surface area contributed by atoms with Crippen molar-refractivity contribution in [3.8, 4) is 40.4 Å². The Morgan fingerprint density at radius 2 is 1.82 bits per heavy atom. The first-order valence-electron chi connectivity index (χ1n) is 9.94. The van der Waals surface area contributed by atoms with Crippen molar-refractivity contribution in [2.45, 2.75) is 32.1 Å².